The van der Waals surface area contributed by atoms with Crippen molar-refractivity contribution in [1.29, 1.82) is 0 Å². The second-order valence-corrected chi connectivity index (χ2v) is 7.68. The topological polar surface area (TPSA) is 68.0 Å². The highest BCUT2D eigenvalue weighted by Crippen LogP contribution is 2.40. The number of hydrogen-bond acceptors (Lipinski definition) is 4. The average Bonchev–Trinajstić information content (AvgIpc) is 3.13. The van der Waals surface area contributed by atoms with Crippen LogP contribution in [0.15, 0.2) is 35.1 Å². The number of amides is 1. The van der Waals surface area contributed by atoms with E-state index in [1.807, 2.05) is 12.1 Å². The van der Waals surface area contributed by atoms with Crippen molar-refractivity contribution < 1.29 is 9.32 Å². The summed E-state index contributed by atoms with van der Waals surface area (Å²) in [5.74, 6) is 1.18. The number of rotatable bonds is 5. The van der Waals surface area contributed by atoms with E-state index in [1.165, 1.54) is 19.3 Å². The lowest BCUT2D eigenvalue weighted by Gasteiger charge is -2.39. The third kappa shape index (κ3) is 4.09. The molecule has 0 bridgehead atoms. The minimum Gasteiger partial charge on any atom is -0.355 e. The second kappa shape index (κ2) is 7.38. The molecule has 1 saturated carbocycles. The lowest BCUT2D eigenvalue weighted by atomic mass is 9.69. The van der Waals surface area contributed by atoms with Gasteiger partial charge in [0.05, 0.1) is 0 Å². The fourth-order valence-corrected chi connectivity index (χ4v) is 3.60. The van der Waals surface area contributed by atoms with Crippen LogP contribution >= 0.6 is 0 Å². The van der Waals surface area contributed by atoms with Gasteiger partial charge >= 0.3 is 0 Å². The summed E-state index contributed by atoms with van der Waals surface area (Å²) in [6.07, 6.45) is 9.00. The van der Waals surface area contributed by atoms with E-state index in [0.717, 1.165) is 24.3 Å². The lowest BCUT2D eigenvalue weighted by molar-refractivity contribution is 0.0884. The zero-order valence-corrected chi connectivity index (χ0v) is 15.3. The van der Waals surface area contributed by atoms with Gasteiger partial charge in [-0.2, -0.15) is 0 Å². The molecule has 0 radical (unpaired) electrons. The predicted octanol–water partition coefficient (Wildman–Crippen LogP) is 4.46. The standard InChI is InChI=1S/C20H27N3O2/c1-4-20(2,3)15-5-7-16(8-6-15)22-19(24)17-13-18(25-23-17)14-9-11-21-12-10-14/h9-13,15-16H,4-8H2,1-3H3,(H,22,24). The monoisotopic (exact) mass is 341 g/mol. The Balaban J connectivity index is 1.56. The Bertz CT molecular complexity index is 701. The van der Waals surface area contributed by atoms with Gasteiger partial charge in [0.2, 0.25) is 0 Å². The SMILES string of the molecule is CCC(C)(C)C1CCC(NC(=O)c2cc(-c3ccncc3)on2)CC1. The van der Waals surface area contributed by atoms with Crippen molar-refractivity contribution in [3.63, 3.8) is 0 Å². The van der Waals surface area contributed by atoms with Crippen molar-refractivity contribution in [2.24, 2.45) is 11.3 Å². The van der Waals surface area contributed by atoms with Gasteiger partial charge in [-0.15, -0.1) is 0 Å². The fourth-order valence-electron chi connectivity index (χ4n) is 3.60. The van der Waals surface area contributed by atoms with Crippen LogP contribution in [0.1, 0.15) is 63.4 Å². The first-order valence-corrected chi connectivity index (χ1v) is 9.17. The number of pyridine rings is 1. The predicted molar refractivity (Wildman–Crippen MR) is 97.0 cm³/mol. The highest BCUT2D eigenvalue weighted by Gasteiger charge is 2.32. The molecule has 1 aliphatic carbocycles. The molecule has 5 nitrogen and oxygen atoms in total. The largest absolute Gasteiger partial charge is 0.355 e. The quantitative estimate of drug-likeness (QED) is 0.871. The van der Waals surface area contributed by atoms with Crippen LogP contribution in [0.4, 0.5) is 0 Å². The smallest absolute Gasteiger partial charge is 0.273 e. The highest BCUT2D eigenvalue weighted by molar-refractivity contribution is 5.93. The first kappa shape index (κ1) is 17.6. The van der Waals surface area contributed by atoms with Crippen LogP contribution in [0, 0.1) is 11.3 Å². The maximum absolute atomic E-state index is 12.4. The average molecular weight is 341 g/mol. The van der Waals surface area contributed by atoms with E-state index in [9.17, 15) is 4.79 Å². The minimum absolute atomic E-state index is 0.151. The third-order valence-corrected chi connectivity index (χ3v) is 5.79. The number of hydrogen-bond donors (Lipinski definition) is 1. The molecule has 134 valence electrons. The first-order valence-electron chi connectivity index (χ1n) is 9.17. The van der Waals surface area contributed by atoms with E-state index >= 15 is 0 Å². The van der Waals surface area contributed by atoms with Crippen LogP contribution < -0.4 is 5.32 Å². The molecule has 1 amide bonds. The van der Waals surface area contributed by atoms with Crippen molar-refractivity contribution in [3.05, 3.63) is 36.3 Å². The van der Waals surface area contributed by atoms with Crippen LogP contribution in [-0.4, -0.2) is 22.1 Å². The third-order valence-electron chi connectivity index (χ3n) is 5.79. The molecule has 1 aliphatic rings. The van der Waals surface area contributed by atoms with Gasteiger partial charge in [0.1, 0.15) is 0 Å². The normalized spacial score (nSPS) is 21.1. The van der Waals surface area contributed by atoms with Gasteiger partial charge in [-0.3, -0.25) is 9.78 Å². The lowest BCUT2D eigenvalue weighted by Crippen LogP contribution is -2.40. The molecule has 0 saturated heterocycles. The van der Waals surface area contributed by atoms with Gasteiger partial charge < -0.3 is 9.84 Å². The molecule has 1 N–H and O–H groups in total. The number of carbonyl (C=O) groups excluding carboxylic acids is 1. The maximum Gasteiger partial charge on any atom is 0.273 e. The molecule has 1 fully saturated rings. The minimum atomic E-state index is -0.151. The molecule has 0 unspecified atom stereocenters. The van der Waals surface area contributed by atoms with Crippen LogP contribution in [0.5, 0.6) is 0 Å². The number of nitrogens with zero attached hydrogens (tertiary/aromatic N) is 2. The number of nitrogens with one attached hydrogen (secondary N) is 1. The Morgan fingerprint density at radius 1 is 1.24 bits per heavy atom. The molecule has 25 heavy (non-hydrogen) atoms. The first-order chi connectivity index (χ1) is 12.0. The van der Waals surface area contributed by atoms with Crippen molar-refractivity contribution in [3.8, 4) is 11.3 Å². The molecule has 5 heteroatoms. The van der Waals surface area contributed by atoms with Crippen molar-refractivity contribution in [2.75, 3.05) is 0 Å². The van der Waals surface area contributed by atoms with Crippen molar-refractivity contribution >= 4 is 5.91 Å². The van der Waals surface area contributed by atoms with E-state index in [1.54, 1.807) is 18.5 Å². The zero-order chi connectivity index (χ0) is 17.9. The number of carbonyl (C=O) groups is 1. The summed E-state index contributed by atoms with van der Waals surface area (Å²) in [6, 6.07) is 5.59. The Hall–Kier alpha value is -2.17. The van der Waals surface area contributed by atoms with E-state index in [4.69, 9.17) is 4.52 Å². The van der Waals surface area contributed by atoms with Crippen LogP contribution in [0.25, 0.3) is 11.3 Å². The second-order valence-electron chi connectivity index (χ2n) is 7.68. The van der Waals surface area contributed by atoms with Crippen LogP contribution in [-0.2, 0) is 0 Å². The molecule has 2 aromatic heterocycles. The van der Waals surface area contributed by atoms with Gasteiger partial charge in [0.15, 0.2) is 11.5 Å². The van der Waals surface area contributed by atoms with Gasteiger partial charge in [-0.25, -0.2) is 0 Å². The molecular weight excluding hydrogens is 314 g/mol. The van der Waals surface area contributed by atoms with E-state index in [2.05, 4.69) is 36.2 Å². The van der Waals surface area contributed by atoms with Crippen LogP contribution in [0.3, 0.4) is 0 Å². The van der Waals surface area contributed by atoms with E-state index in [-0.39, 0.29) is 11.9 Å². The number of aromatic nitrogens is 2. The summed E-state index contributed by atoms with van der Waals surface area (Å²) in [5.41, 5.74) is 1.59. The fraction of sp³-hybridized carbons (Fsp3) is 0.550. The van der Waals surface area contributed by atoms with Crippen LogP contribution in [0.2, 0.25) is 0 Å². The van der Waals surface area contributed by atoms with Crippen molar-refractivity contribution in [1.82, 2.24) is 15.5 Å². The summed E-state index contributed by atoms with van der Waals surface area (Å²) in [6.45, 7) is 6.97. The summed E-state index contributed by atoms with van der Waals surface area (Å²) < 4.78 is 5.30. The molecular formula is C20H27N3O2. The summed E-state index contributed by atoms with van der Waals surface area (Å²) in [5, 5.41) is 7.03. The molecule has 0 atom stereocenters. The molecule has 3 rings (SSSR count). The Labute approximate surface area is 149 Å². The molecule has 2 heterocycles. The molecule has 2 aromatic rings. The van der Waals surface area contributed by atoms with Gasteiger partial charge in [0.25, 0.3) is 5.91 Å². The molecule has 0 aromatic carbocycles. The summed E-state index contributed by atoms with van der Waals surface area (Å²) >= 11 is 0. The summed E-state index contributed by atoms with van der Waals surface area (Å²) in [4.78, 5) is 16.4. The van der Waals surface area contributed by atoms with Gasteiger partial charge in [-0.05, 0) is 49.1 Å². The Morgan fingerprint density at radius 3 is 2.56 bits per heavy atom. The van der Waals surface area contributed by atoms with E-state index in [0.29, 0.717) is 16.9 Å². The van der Waals surface area contributed by atoms with E-state index < -0.39 is 0 Å². The summed E-state index contributed by atoms with van der Waals surface area (Å²) in [7, 11) is 0. The van der Waals surface area contributed by atoms with Gasteiger partial charge in [0, 0.05) is 30.1 Å². The zero-order valence-electron chi connectivity index (χ0n) is 15.3. The Morgan fingerprint density at radius 2 is 1.92 bits per heavy atom. The Kier molecular flexibility index (Phi) is 5.21. The molecule has 0 aliphatic heterocycles. The van der Waals surface area contributed by atoms with Crippen molar-refractivity contribution in [2.45, 2.75) is 58.9 Å². The highest BCUT2D eigenvalue weighted by atomic mass is 16.5. The maximum atomic E-state index is 12.4. The molecule has 0 spiro atoms. The van der Waals surface area contributed by atoms with Gasteiger partial charge in [-0.1, -0.05) is 32.3 Å².